The van der Waals surface area contributed by atoms with Crippen LogP contribution in [0.15, 0.2) is 0 Å². The highest BCUT2D eigenvalue weighted by atomic mass is 32.2. The quantitative estimate of drug-likeness (QED) is 0.592. The topological polar surface area (TPSA) is 55.6 Å². The van der Waals surface area contributed by atoms with E-state index < -0.39 is 0 Å². The number of piperidine rings is 1. The molecule has 0 aromatic heterocycles. The van der Waals surface area contributed by atoms with E-state index >= 15 is 0 Å². The van der Waals surface area contributed by atoms with Gasteiger partial charge in [-0.25, -0.2) is 0 Å². The SMILES string of the molecule is COCCCC(=O)N1CCC(SC)(C(N)=S)CC1. The Morgan fingerprint density at radius 2 is 2.11 bits per heavy atom. The fourth-order valence-corrected chi connectivity index (χ4v) is 3.44. The molecular weight excluding hydrogens is 268 g/mol. The molecule has 0 unspecified atom stereocenters. The molecule has 0 spiro atoms. The molecule has 1 saturated heterocycles. The molecular formula is C12H22N2O2S2. The molecule has 104 valence electrons. The maximum atomic E-state index is 11.9. The minimum atomic E-state index is -0.112. The highest BCUT2D eigenvalue weighted by Crippen LogP contribution is 2.35. The monoisotopic (exact) mass is 290 g/mol. The largest absolute Gasteiger partial charge is 0.392 e. The number of hydrogen-bond acceptors (Lipinski definition) is 4. The van der Waals surface area contributed by atoms with Crippen molar-refractivity contribution >= 4 is 34.9 Å². The van der Waals surface area contributed by atoms with Gasteiger partial charge in [-0.3, -0.25) is 4.79 Å². The second-order valence-corrected chi connectivity index (χ2v) is 6.17. The van der Waals surface area contributed by atoms with E-state index in [0.29, 0.717) is 18.0 Å². The fourth-order valence-electron chi connectivity index (χ4n) is 2.19. The van der Waals surface area contributed by atoms with Crippen molar-refractivity contribution in [2.75, 3.05) is 33.1 Å². The maximum Gasteiger partial charge on any atom is 0.222 e. The molecule has 1 aliphatic heterocycles. The molecule has 4 nitrogen and oxygen atoms in total. The van der Waals surface area contributed by atoms with Gasteiger partial charge >= 0.3 is 0 Å². The van der Waals surface area contributed by atoms with Crippen LogP contribution in [0.3, 0.4) is 0 Å². The summed E-state index contributed by atoms with van der Waals surface area (Å²) in [5.74, 6) is 0.213. The minimum absolute atomic E-state index is 0.112. The Balaban J connectivity index is 2.43. The van der Waals surface area contributed by atoms with E-state index in [4.69, 9.17) is 22.7 Å². The molecule has 1 rings (SSSR count). The van der Waals surface area contributed by atoms with E-state index in [1.54, 1.807) is 18.9 Å². The van der Waals surface area contributed by atoms with Crippen LogP contribution >= 0.6 is 24.0 Å². The van der Waals surface area contributed by atoms with E-state index in [9.17, 15) is 4.79 Å². The first-order valence-corrected chi connectivity index (χ1v) is 7.81. The molecule has 6 heteroatoms. The van der Waals surface area contributed by atoms with Gasteiger partial charge in [0.15, 0.2) is 0 Å². The van der Waals surface area contributed by atoms with Gasteiger partial charge in [-0.1, -0.05) is 12.2 Å². The molecule has 0 radical (unpaired) electrons. The second-order valence-electron chi connectivity index (χ2n) is 4.54. The summed E-state index contributed by atoms with van der Waals surface area (Å²) in [6, 6.07) is 0. The lowest BCUT2D eigenvalue weighted by Crippen LogP contribution is -2.50. The zero-order valence-corrected chi connectivity index (χ0v) is 12.7. The molecule has 1 amide bonds. The van der Waals surface area contributed by atoms with Gasteiger partial charge in [-0.2, -0.15) is 11.8 Å². The number of ether oxygens (including phenoxy) is 1. The van der Waals surface area contributed by atoms with Gasteiger partial charge in [0.2, 0.25) is 5.91 Å². The number of carbonyl (C=O) groups excluding carboxylic acids is 1. The van der Waals surface area contributed by atoms with Gasteiger partial charge in [0.05, 0.1) is 9.74 Å². The van der Waals surface area contributed by atoms with Crippen molar-refractivity contribution in [2.24, 2.45) is 5.73 Å². The lowest BCUT2D eigenvalue weighted by molar-refractivity contribution is -0.132. The minimum Gasteiger partial charge on any atom is -0.392 e. The zero-order chi connectivity index (χ0) is 13.6. The Hall–Kier alpha value is -0.330. The zero-order valence-electron chi connectivity index (χ0n) is 11.1. The van der Waals surface area contributed by atoms with E-state index in [-0.39, 0.29) is 10.7 Å². The van der Waals surface area contributed by atoms with Crippen LogP contribution in [0.25, 0.3) is 0 Å². The molecule has 0 aromatic carbocycles. The standard InChI is InChI=1S/C12H22N2O2S2/c1-16-9-3-4-10(15)14-7-5-12(18-2,6-8-14)11(13)17/h3-9H2,1-2H3,(H2,13,17). The van der Waals surface area contributed by atoms with Crippen LogP contribution in [-0.4, -0.2) is 53.6 Å². The predicted octanol–water partition coefficient (Wildman–Crippen LogP) is 1.42. The lowest BCUT2D eigenvalue weighted by atomic mass is 9.95. The Morgan fingerprint density at radius 3 is 2.56 bits per heavy atom. The van der Waals surface area contributed by atoms with Crippen molar-refractivity contribution in [3.8, 4) is 0 Å². The van der Waals surface area contributed by atoms with Crippen LogP contribution in [0, 0.1) is 0 Å². The highest BCUT2D eigenvalue weighted by Gasteiger charge is 2.37. The Labute approximate surface area is 119 Å². The molecule has 0 atom stereocenters. The van der Waals surface area contributed by atoms with Crippen molar-refractivity contribution < 1.29 is 9.53 Å². The summed E-state index contributed by atoms with van der Waals surface area (Å²) in [6.07, 6.45) is 5.11. The molecule has 0 saturated carbocycles. The third-order valence-electron chi connectivity index (χ3n) is 3.50. The number of likely N-dealkylation sites (tertiary alicyclic amines) is 1. The average molecular weight is 290 g/mol. The number of carbonyl (C=O) groups is 1. The number of hydrogen-bond donors (Lipinski definition) is 1. The third kappa shape index (κ3) is 3.83. The summed E-state index contributed by atoms with van der Waals surface area (Å²) in [5, 5.41) is 0. The van der Waals surface area contributed by atoms with Crippen molar-refractivity contribution in [2.45, 2.75) is 30.4 Å². The smallest absolute Gasteiger partial charge is 0.222 e. The number of nitrogens with zero attached hydrogens (tertiary/aromatic N) is 1. The van der Waals surface area contributed by atoms with E-state index in [2.05, 4.69) is 0 Å². The van der Waals surface area contributed by atoms with E-state index in [1.165, 1.54) is 0 Å². The molecule has 2 N–H and O–H groups in total. The summed E-state index contributed by atoms with van der Waals surface area (Å²) in [4.78, 5) is 14.4. The average Bonchev–Trinajstić information content (AvgIpc) is 2.38. The summed E-state index contributed by atoms with van der Waals surface area (Å²) in [7, 11) is 1.65. The predicted molar refractivity (Wildman–Crippen MR) is 80.0 cm³/mol. The van der Waals surface area contributed by atoms with Crippen LogP contribution in [0.1, 0.15) is 25.7 Å². The van der Waals surface area contributed by atoms with Gasteiger partial charge in [-0.05, 0) is 25.5 Å². The number of rotatable bonds is 6. The van der Waals surface area contributed by atoms with Crippen molar-refractivity contribution in [1.29, 1.82) is 0 Å². The molecule has 0 bridgehead atoms. The van der Waals surface area contributed by atoms with Crippen LogP contribution in [-0.2, 0) is 9.53 Å². The van der Waals surface area contributed by atoms with Gasteiger partial charge in [0, 0.05) is 33.2 Å². The van der Waals surface area contributed by atoms with E-state index in [0.717, 1.165) is 32.4 Å². The lowest BCUT2D eigenvalue weighted by Gasteiger charge is -2.40. The van der Waals surface area contributed by atoms with Gasteiger partial charge in [-0.15, -0.1) is 0 Å². The molecule has 18 heavy (non-hydrogen) atoms. The number of amides is 1. The number of thioether (sulfide) groups is 1. The summed E-state index contributed by atoms with van der Waals surface area (Å²) in [6.45, 7) is 2.15. The maximum absolute atomic E-state index is 11.9. The van der Waals surface area contributed by atoms with Crippen LogP contribution in [0.4, 0.5) is 0 Å². The molecule has 1 aliphatic rings. The number of methoxy groups -OCH3 is 1. The Morgan fingerprint density at radius 1 is 1.50 bits per heavy atom. The van der Waals surface area contributed by atoms with Crippen LogP contribution in [0.2, 0.25) is 0 Å². The van der Waals surface area contributed by atoms with Crippen LogP contribution < -0.4 is 5.73 Å². The summed E-state index contributed by atoms with van der Waals surface area (Å²) >= 11 is 6.87. The van der Waals surface area contributed by atoms with Gasteiger partial charge in [0.1, 0.15) is 0 Å². The van der Waals surface area contributed by atoms with Crippen molar-refractivity contribution in [1.82, 2.24) is 4.90 Å². The Bertz CT molecular complexity index is 302. The Kier molecular flexibility index (Phi) is 6.38. The molecule has 1 fully saturated rings. The molecule has 0 aliphatic carbocycles. The third-order valence-corrected chi connectivity index (χ3v) is 5.43. The molecule has 0 aromatic rings. The summed E-state index contributed by atoms with van der Waals surface area (Å²) < 4.78 is 4.84. The van der Waals surface area contributed by atoms with Crippen molar-refractivity contribution in [3.63, 3.8) is 0 Å². The molecule has 1 heterocycles. The fraction of sp³-hybridized carbons (Fsp3) is 0.833. The normalized spacial score (nSPS) is 18.7. The first kappa shape index (κ1) is 15.7. The first-order valence-electron chi connectivity index (χ1n) is 6.17. The van der Waals surface area contributed by atoms with Gasteiger partial charge in [0.25, 0.3) is 0 Å². The number of thiocarbonyl (C=S) groups is 1. The number of nitrogens with two attached hydrogens (primary N) is 1. The summed E-state index contributed by atoms with van der Waals surface area (Å²) in [5.41, 5.74) is 5.82. The highest BCUT2D eigenvalue weighted by molar-refractivity contribution is 8.02. The second kappa shape index (κ2) is 7.31. The van der Waals surface area contributed by atoms with Gasteiger partial charge < -0.3 is 15.4 Å². The first-order chi connectivity index (χ1) is 8.55. The van der Waals surface area contributed by atoms with Crippen molar-refractivity contribution in [3.05, 3.63) is 0 Å². The van der Waals surface area contributed by atoms with E-state index in [1.807, 2.05) is 11.2 Å². The van der Waals surface area contributed by atoms with Crippen LogP contribution in [0.5, 0.6) is 0 Å².